The Hall–Kier alpha value is -1.61. The summed E-state index contributed by atoms with van der Waals surface area (Å²) in [7, 11) is 1.37. The molecular weight excluding hydrogens is 214 g/mol. The predicted molar refractivity (Wildman–Crippen MR) is 69.5 cm³/mol. The first-order chi connectivity index (χ1) is 8.13. The van der Waals surface area contributed by atoms with Crippen molar-refractivity contribution in [1.29, 1.82) is 0 Å². The lowest BCUT2D eigenvalue weighted by molar-refractivity contribution is -0.134. The molecule has 0 aliphatic heterocycles. The predicted octanol–water partition coefficient (Wildman–Crippen LogP) is 2.37. The Balaban J connectivity index is 2.77. The molecule has 92 valence electrons. The largest absolute Gasteiger partial charge is 0.466 e. The number of esters is 1. The van der Waals surface area contributed by atoms with Gasteiger partial charge in [-0.1, -0.05) is 38.1 Å². The number of hydrogen-bond donors (Lipinski definition) is 1. The molecule has 0 atom stereocenters. The molecule has 1 N–H and O–H groups in total. The Morgan fingerprint density at radius 3 is 2.76 bits per heavy atom. The zero-order valence-corrected chi connectivity index (χ0v) is 10.6. The van der Waals surface area contributed by atoms with Gasteiger partial charge >= 0.3 is 5.97 Å². The smallest absolute Gasteiger partial charge is 0.330 e. The third-order valence-electron chi connectivity index (χ3n) is 2.36. The molecule has 0 amide bonds. The van der Waals surface area contributed by atoms with Crippen LogP contribution in [0.15, 0.2) is 30.3 Å². The minimum atomic E-state index is -0.336. The van der Waals surface area contributed by atoms with E-state index in [0.29, 0.717) is 6.04 Å². The van der Waals surface area contributed by atoms with E-state index in [2.05, 4.69) is 23.9 Å². The lowest BCUT2D eigenvalue weighted by Gasteiger charge is -2.10. The fourth-order valence-corrected chi connectivity index (χ4v) is 1.40. The SMILES string of the molecule is COC(=O)/C=C/c1ccccc1CNC(C)C. The Bertz CT molecular complexity index is 397. The van der Waals surface area contributed by atoms with Gasteiger partial charge < -0.3 is 10.1 Å². The fourth-order valence-electron chi connectivity index (χ4n) is 1.40. The van der Waals surface area contributed by atoms with E-state index < -0.39 is 0 Å². The molecular formula is C14H19NO2. The quantitative estimate of drug-likeness (QED) is 0.627. The van der Waals surface area contributed by atoms with E-state index in [1.165, 1.54) is 18.7 Å². The summed E-state index contributed by atoms with van der Waals surface area (Å²) in [4.78, 5) is 11.0. The van der Waals surface area contributed by atoms with Gasteiger partial charge in [-0.2, -0.15) is 0 Å². The normalized spacial score (nSPS) is 11.1. The number of carbonyl (C=O) groups is 1. The maximum Gasteiger partial charge on any atom is 0.330 e. The highest BCUT2D eigenvalue weighted by molar-refractivity contribution is 5.87. The molecule has 0 spiro atoms. The summed E-state index contributed by atoms with van der Waals surface area (Å²) in [5.74, 6) is -0.336. The molecule has 0 saturated carbocycles. The Morgan fingerprint density at radius 2 is 2.12 bits per heavy atom. The van der Waals surface area contributed by atoms with Crippen molar-refractivity contribution in [3.8, 4) is 0 Å². The fraction of sp³-hybridized carbons (Fsp3) is 0.357. The molecule has 0 saturated heterocycles. The summed E-state index contributed by atoms with van der Waals surface area (Å²) in [5.41, 5.74) is 2.20. The number of nitrogens with one attached hydrogen (secondary N) is 1. The molecule has 0 aliphatic rings. The van der Waals surface area contributed by atoms with Crippen LogP contribution in [-0.4, -0.2) is 19.1 Å². The highest BCUT2D eigenvalue weighted by Gasteiger charge is 2.00. The first-order valence-corrected chi connectivity index (χ1v) is 5.71. The van der Waals surface area contributed by atoms with E-state index in [-0.39, 0.29) is 5.97 Å². The minimum absolute atomic E-state index is 0.336. The molecule has 17 heavy (non-hydrogen) atoms. The molecule has 3 heteroatoms. The maximum absolute atomic E-state index is 11.0. The average Bonchev–Trinajstić information content (AvgIpc) is 2.34. The van der Waals surface area contributed by atoms with Gasteiger partial charge in [0, 0.05) is 18.7 Å². The minimum Gasteiger partial charge on any atom is -0.466 e. The van der Waals surface area contributed by atoms with Gasteiger partial charge in [-0.25, -0.2) is 4.79 Å². The van der Waals surface area contributed by atoms with Crippen molar-refractivity contribution >= 4 is 12.0 Å². The molecule has 1 aromatic rings. The van der Waals surface area contributed by atoms with Crippen LogP contribution in [-0.2, 0) is 16.1 Å². The summed E-state index contributed by atoms with van der Waals surface area (Å²) in [6.45, 7) is 5.00. The zero-order valence-electron chi connectivity index (χ0n) is 10.6. The van der Waals surface area contributed by atoms with Crippen molar-refractivity contribution in [2.75, 3.05) is 7.11 Å². The van der Waals surface area contributed by atoms with Crippen LogP contribution in [0.4, 0.5) is 0 Å². The summed E-state index contributed by atoms with van der Waals surface area (Å²) >= 11 is 0. The summed E-state index contributed by atoms with van der Waals surface area (Å²) in [5, 5.41) is 3.35. The highest BCUT2D eigenvalue weighted by Crippen LogP contribution is 2.10. The second-order valence-electron chi connectivity index (χ2n) is 4.09. The van der Waals surface area contributed by atoms with Crippen molar-refractivity contribution in [1.82, 2.24) is 5.32 Å². The van der Waals surface area contributed by atoms with E-state index >= 15 is 0 Å². The third kappa shape index (κ3) is 4.83. The van der Waals surface area contributed by atoms with E-state index in [1.54, 1.807) is 6.08 Å². The van der Waals surface area contributed by atoms with Gasteiger partial charge in [0.15, 0.2) is 0 Å². The van der Waals surface area contributed by atoms with Gasteiger partial charge in [0.25, 0.3) is 0 Å². The second-order valence-corrected chi connectivity index (χ2v) is 4.09. The van der Waals surface area contributed by atoms with E-state index in [9.17, 15) is 4.79 Å². The van der Waals surface area contributed by atoms with Crippen molar-refractivity contribution in [2.24, 2.45) is 0 Å². The first-order valence-electron chi connectivity index (χ1n) is 5.71. The van der Waals surface area contributed by atoms with E-state index in [1.807, 2.05) is 24.3 Å². The average molecular weight is 233 g/mol. The third-order valence-corrected chi connectivity index (χ3v) is 2.36. The molecule has 0 aromatic heterocycles. The van der Waals surface area contributed by atoms with Crippen molar-refractivity contribution in [2.45, 2.75) is 26.4 Å². The Labute approximate surface area is 102 Å². The van der Waals surface area contributed by atoms with Gasteiger partial charge in [-0.05, 0) is 17.2 Å². The van der Waals surface area contributed by atoms with Crippen LogP contribution in [0.5, 0.6) is 0 Å². The Morgan fingerprint density at radius 1 is 1.41 bits per heavy atom. The second kappa shape index (κ2) is 6.86. The summed E-state index contributed by atoms with van der Waals surface area (Å²) in [6, 6.07) is 8.42. The number of rotatable bonds is 5. The van der Waals surface area contributed by atoms with Crippen LogP contribution in [0.3, 0.4) is 0 Å². The number of benzene rings is 1. The van der Waals surface area contributed by atoms with Gasteiger partial charge in [0.2, 0.25) is 0 Å². The van der Waals surface area contributed by atoms with E-state index in [0.717, 1.165) is 12.1 Å². The van der Waals surface area contributed by atoms with Gasteiger partial charge in [0.05, 0.1) is 7.11 Å². The topological polar surface area (TPSA) is 38.3 Å². The molecule has 0 bridgehead atoms. The van der Waals surface area contributed by atoms with Gasteiger partial charge in [-0.3, -0.25) is 0 Å². The number of methoxy groups -OCH3 is 1. The zero-order chi connectivity index (χ0) is 12.7. The molecule has 0 unspecified atom stereocenters. The van der Waals surface area contributed by atoms with Crippen LogP contribution in [0, 0.1) is 0 Å². The van der Waals surface area contributed by atoms with Gasteiger partial charge in [0.1, 0.15) is 0 Å². The Kier molecular flexibility index (Phi) is 5.43. The lowest BCUT2D eigenvalue weighted by atomic mass is 10.1. The van der Waals surface area contributed by atoms with Crippen LogP contribution in [0.1, 0.15) is 25.0 Å². The molecule has 3 nitrogen and oxygen atoms in total. The molecule has 0 fully saturated rings. The molecule has 0 heterocycles. The molecule has 1 rings (SSSR count). The van der Waals surface area contributed by atoms with Crippen LogP contribution >= 0.6 is 0 Å². The van der Waals surface area contributed by atoms with Crippen molar-refractivity contribution in [3.63, 3.8) is 0 Å². The summed E-state index contributed by atoms with van der Waals surface area (Å²) in [6.07, 6.45) is 3.22. The molecule has 0 aliphatic carbocycles. The first kappa shape index (κ1) is 13.5. The number of carbonyl (C=O) groups excluding carboxylic acids is 1. The van der Waals surface area contributed by atoms with Crippen LogP contribution in [0.2, 0.25) is 0 Å². The van der Waals surface area contributed by atoms with Crippen LogP contribution < -0.4 is 5.32 Å². The highest BCUT2D eigenvalue weighted by atomic mass is 16.5. The molecule has 0 radical (unpaired) electrons. The van der Waals surface area contributed by atoms with Gasteiger partial charge in [-0.15, -0.1) is 0 Å². The van der Waals surface area contributed by atoms with Crippen molar-refractivity contribution in [3.05, 3.63) is 41.5 Å². The molecule has 1 aromatic carbocycles. The monoisotopic (exact) mass is 233 g/mol. The maximum atomic E-state index is 11.0. The lowest BCUT2D eigenvalue weighted by Crippen LogP contribution is -2.22. The summed E-state index contributed by atoms with van der Waals surface area (Å²) < 4.78 is 4.57. The number of hydrogen-bond acceptors (Lipinski definition) is 3. The van der Waals surface area contributed by atoms with E-state index in [4.69, 9.17) is 0 Å². The van der Waals surface area contributed by atoms with Crippen LogP contribution in [0.25, 0.3) is 6.08 Å². The standard InChI is InChI=1S/C14H19NO2/c1-11(2)15-10-13-7-5-4-6-12(13)8-9-14(16)17-3/h4-9,11,15H,10H2,1-3H3/b9-8+. The van der Waals surface area contributed by atoms with Crippen molar-refractivity contribution < 1.29 is 9.53 Å². The number of ether oxygens (including phenoxy) is 1.